The third kappa shape index (κ3) is 3.42. The van der Waals surface area contributed by atoms with Gasteiger partial charge >= 0.3 is 5.97 Å². The largest absolute Gasteiger partial charge is 0.480 e. The van der Waals surface area contributed by atoms with Crippen molar-refractivity contribution >= 4 is 21.6 Å². The summed E-state index contributed by atoms with van der Waals surface area (Å²) in [7, 11) is -4.03. The Morgan fingerprint density at radius 2 is 2.11 bits per heavy atom. The van der Waals surface area contributed by atoms with E-state index in [1.54, 1.807) is 0 Å². The van der Waals surface area contributed by atoms with E-state index >= 15 is 0 Å². The zero-order valence-electron chi connectivity index (χ0n) is 10.2. The van der Waals surface area contributed by atoms with E-state index in [0.29, 0.717) is 12.5 Å². The first-order valence-corrected chi connectivity index (χ1v) is 7.02. The lowest BCUT2D eigenvalue weighted by Gasteiger charge is -2.05. The quantitative estimate of drug-likeness (QED) is 0.733. The number of aliphatic carboxylic acids is 1. The van der Waals surface area contributed by atoms with Crippen LogP contribution in [0.3, 0.4) is 0 Å². The van der Waals surface area contributed by atoms with Gasteiger partial charge in [0.15, 0.2) is 11.6 Å². The Hall–Kier alpha value is -1.64. The summed E-state index contributed by atoms with van der Waals surface area (Å²) in [6.45, 7) is 4.46. The van der Waals surface area contributed by atoms with Crippen LogP contribution in [0, 0.1) is 5.92 Å². The third-order valence-corrected chi connectivity index (χ3v) is 3.77. The zero-order valence-corrected chi connectivity index (χ0v) is 11.0. The smallest absolute Gasteiger partial charge is 0.319 e. The first kappa shape index (κ1) is 14.4. The average molecular weight is 276 g/mol. The van der Waals surface area contributed by atoms with Crippen molar-refractivity contribution in [3.8, 4) is 0 Å². The molecule has 8 nitrogen and oxygen atoms in total. The lowest BCUT2D eigenvalue weighted by molar-refractivity contribution is -0.134. The van der Waals surface area contributed by atoms with Gasteiger partial charge in [-0.25, -0.2) is 13.1 Å². The van der Waals surface area contributed by atoms with Gasteiger partial charge in [0, 0.05) is 6.54 Å². The van der Waals surface area contributed by atoms with Crippen LogP contribution in [0.4, 0.5) is 5.82 Å². The summed E-state index contributed by atoms with van der Waals surface area (Å²) in [6, 6.07) is 0. The van der Waals surface area contributed by atoms with Crippen molar-refractivity contribution < 1.29 is 18.3 Å². The van der Waals surface area contributed by atoms with E-state index in [9.17, 15) is 13.2 Å². The van der Waals surface area contributed by atoms with Crippen LogP contribution in [0.15, 0.2) is 5.03 Å². The van der Waals surface area contributed by atoms with Gasteiger partial charge in [-0.3, -0.25) is 4.79 Å². The molecule has 0 amide bonds. The number of aromatic nitrogens is 3. The summed E-state index contributed by atoms with van der Waals surface area (Å²) in [5.74, 6) is -2.20. The highest BCUT2D eigenvalue weighted by atomic mass is 32.2. The Labute approximate surface area is 105 Å². The highest BCUT2D eigenvalue weighted by Crippen LogP contribution is 2.17. The summed E-state index contributed by atoms with van der Waals surface area (Å²) in [5, 5.41) is 15.1. The maximum absolute atomic E-state index is 11.6. The van der Waals surface area contributed by atoms with Crippen LogP contribution in [0.5, 0.6) is 0 Å². The SMILES string of the molecule is CC(C)CCn1nnc(S(=O)(=O)CC(=O)O)c1N. The second kappa shape index (κ2) is 5.34. The molecule has 0 radical (unpaired) electrons. The number of anilines is 1. The molecule has 0 aliphatic heterocycles. The maximum atomic E-state index is 11.6. The second-order valence-corrected chi connectivity index (χ2v) is 6.24. The number of carbonyl (C=O) groups is 1. The molecule has 0 aliphatic carbocycles. The van der Waals surface area contributed by atoms with E-state index in [2.05, 4.69) is 10.3 Å². The van der Waals surface area contributed by atoms with Gasteiger partial charge in [0.2, 0.25) is 14.9 Å². The number of hydrogen-bond donors (Lipinski definition) is 2. The Bertz CT molecular complexity index is 535. The number of carboxylic acids is 1. The van der Waals surface area contributed by atoms with Gasteiger partial charge in [0.1, 0.15) is 0 Å². The van der Waals surface area contributed by atoms with Gasteiger partial charge < -0.3 is 10.8 Å². The number of rotatable bonds is 6. The molecule has 3 N–H and O–H groups in total. The van der Waals surface area contributed by atoms with E-state index in [4.69, 9.17) is 10.8 Å². The van der Waals surface area contributed by atoms with Crippen LogP contribution in [-0.4, -0.2) is 40.2 Å². The fourth-order valence-corrected chi connectivity index (χ4v) is 2.35. The standard InChI is InChI=1S/C9H16N4O4S/c1-6(2)3-4-13-8(10)9(11-12-13)18(16,17)5-7(14)15/h6H,3-5,10H2,1-2H3,(H,14,15). The van der Waals surface area contributed by atoms with Gasteiger partial charge in [-0.15, -0.1) is 5.10 Å². The van der Waals surface area contributed by atoms with E-state index in [1.807, 2.05) is 13.8 Å². The van der Waals surface area contributed by atoms with E-state index in [1.165, 1.54) is 4.68 Å². The van der Waals surface area contributed by atoms with Gasteiger partial charge in [-0.05, 0) is 12.3 Å². The molecule has 0 saturated heterocycles. The molecule has 102 valence electrons. The molecule has 0 bridgehead atoms. The van der Waals surface area contributed by atoms with Crippen LogP contribution in [-0.2, 0) is 21.2 Å². The third-order valence-electron chi connectivity index (χ3n) is 2.27. The first-order valence-electron chi connectivity index (χ1n) is 5.37. The summed E-state index contributed by atoms with van der Waals surface area (Å²) >= 11 is 0. The molecular formula is C9H16N4O4S. The molecule has 0 spiro atoms. The molecule has 1 aromatic rings. The van der Waals surface area contributed by atoms with E-state index in [-0.39, 0.29) is 5.82 Å². The normalized spacial score (nSPS) is 11.9. The Balaban J connectivity index is 2.96. The molecule has 0 aromatic carbocycles. The molecule has 0 atom stereocenters. The number of nitrogen functional groups attached to an aromatic ring is 1. The minimum Gasteiger partial charge on any atom is -0.480 e. The number of nitrogens with two attached hydrogens (primary N) is 1. The topological polar surface area (TPSA) is 128 Å². The molecule has 18 heavy (non-hydrogen) atoms. The molecule has 1 aromatic heterocycles. The first-order chi connectivity index (χ1) is 8.24. The lowest BCUT2D eigenvalue weighted by atomic mass is 10.1. The number of sulfone groups is 1. The summed E-state index contributed by atoms with van der Waals surface area (Å²) in [6.07, 6.45) is 0.770. The molecule has 0 aliphatic rings. The predicted molar refractivity (Wildman–Crippen MR) is 63.6 cm³/mol. The number of nitrogens with zero attached hydrogens (tertiary/aromatic N) is 3. The van der Waals surface area contributed by atoms with Crippen LogP contribution >= 0.6 is 0 Å². The number of hydrogen-bond acceptors (Lipinski definition) is 6. The molecule has 0 fully saturated rings. The van der Waals surface area contributed by atoms with E-state index < -0.39 is 26.6 Å². The number of carboxylic acid groups (broad SMARTS) is 1. The van der Waals surface area contributed by atoms with E-state index in [0.717, 1.165) is 6.42 Å². The van der Waals surface area contributed by atoms with Crippen molar-refractivity contribution in [3.63, 3.8) is 0 Å². The Kier molecular flexibility index (Phi) is 4.28. The van der Waals surface area contributed by atoms with Gasteiger partial charge in [0.05, 0.1) is 0 Å². The Morgan fingerprint density at radius 3 is 2.61 bits per heavy atom. The predicted octanol–water partition coefficient (Wildman–Crippen LogP) is -0.235. The molecule has 9 heteroatoms. The summed E-state index contributed by atoms with van der Waals surface area (Å²) in [5.41, 5.74) is 5.62. The monoisotopic (exact) mass is 276 g/mol. The highest BCUT2D eigenvalue weighted by Gasteiger charge is 2.26. The van der Waals surface area contributed by atoms with Crippen molar-refractivity contribution in [1.29, 1.82) is 0 Å². The molecule has 0 saturated carbocycles. The van der Waals surface area contributed by atoms with Crippen LogP contribution in [0.25, 0.3) is 0 Å². The van der Waals surface area contributed by atoms with Crippen molar-refractivity contribution in [3.05, 3.63) is 0 Å². The van der Waals surface area contributed by atoms with Crippen molar-refractivity contribution in [2.45, 2.75) is 31.8 Å². The highest BCUT2D eigenvalue weighted by molar-refractivity contribution is 7.92. The molecule has 1 rings (SSSR count). The molecule has 1 heterocycles. The molecule has 0 unspecified atom stereocenters. The van der Waals surface area contributed by atoms with Crippen molar-refractivity contribution in [2.75, 3.05) is 11.5 Å². The minimum atomic E-state index is -4.03. The summed E-state index contributed by atoms with van der Waals surface area (Å²) in [4.78, 5) is 10.4. The van der Waals surface area contributed by atoms with Crippen molar-refractivity contribution in [1.82, 2.24) is 15.0 Å². The van der Waals surface area contributed by atoms with Crippen molar-refractivity contribution in [2.24, 2.45) is 5.92 Å². The van der Waals surface area contributed by atoms with Gasteiger partial charge in [-0.2, -0.15) is 0 Å². The summed E-state index contributed by atoms with van der Waals surface area (Å²) < 4.78 is 24.5. The Morgan fingerprint density at radius 1 is 1.50 bits per heavy atom. The maximum Gasteiger partial charge on any atom is 0.319 e. The van der Waals surface area contributed by atoms with Gasteiger partial charge in [0.25, 0.3) is 0 Å². The minimum absolute atomic E-state index is 0.114. The van der Waals surface area contributed by atoms with Crippen LogP contribution in [0.1, 0.15) is 20.3 Å². The van der Waals surface area contributed by atoms with Crippen LogP contribution < -0.4 is 5.73 Å². The zero-order chi connectivity index (χ0) is 13.9. The van der Waals surface area contributed by atoms with Crippen LogP contribution in [0.2, 0.25) is 0 Å². The van der Waals surface area contributed by atoms with Gasteiger partial charge in [-0.1, -0.05) is 19.1 Å². The fourth-order valence-electron chi connectivity index (χ4n) is 1.30. The second-order valence-electron chi connectivity index (χ2n) is 4.34. The average Bonchev–Trinajstić information content (AvgIpc) is 2.55. The number of aryl methyl sites for hydroxylation is 1. The lowest BCUT2D eigenvalue weighted by Crippen LogP contribution is -2.17. The molecular weight excluding hydrogens is 260 g/mol. The fraction of sp³-hybridized carbons (Fsp3) is 0.667.